The molecule has 0 aliphatic carbocycles. The summed E-state index contributed by atoms with van der Waals surface area (Å²) in [6, 6.07) is 6.14. The lowest BCUT2D eigenvalue weighted by Gasteiger charge is -2.22. The van der Waals surface area contributed by atoms with Gasteiger partial charge in [0.2, 0.25) is 0 Å². The van der Waals surface area contributed by atoms with Gasteiger partial charge in [0.15, 0.2) is 0 Å². The number of amides is 3. The van der Waals surface area contributed by atoms with Gasteiger partial charge < -0.3 is 24.3 Å². The van der Waals surface area contributed by atoms with E-state index in [1.165, 1.54) is 19.3 Å². The fraction of sp³-hybridized carbons (Fsp3) is 0.478. The molecule has 1 atom stereocenters. The lowest BCUT2D eigenvalue weighted by molar-refractivity contribution is -0.143. The Balaban J connectivity index is 1.74. The van der Waals surface area contributed by atoms with Crippen molar-refractivity contribution in [2.75, 3.05) is 33.5 Å². The van der Waals surface area contributed by atoms with Crippen LogP contribution in [0.5, 0.6) is 5.75 Å². The van der Waals surface area contributed by atoms with Crippen LogP contribution in [-0.4, -0.2) is 73.9 Å². The van der Waals surface area contributed by atoms with Crippen molar-refractivity contribution in [1.82, 2.24) is 10.2 Å². The predicted molar refractivity (Wildman–Crippen MR) is 117 cm³/mol. The van der Waals surface area contributed by atoms with Crippen LogP contribution in [0.25, 0.3) is 0 Å². The highest BCUT2D eigenvalue weighted by Crippen LogP contribution is 2.15. The average Bonchev–Trinajstić information content (AvgIpc) is 3.06. The van der Waals surface area contributed by atoms with Gasteiger partial charge >= 0.3 is 12.1 Å². The molecule has 0 radical (unpaired) electrons. The van der Waals surface area contributed by atoms with Crippen molar-refractivity contribution in [3.63, 3.8) is 0 Å². The van der Waals surface area contributed by atoms with E-state index < -0.39 is 23.7 Å². The van der Waals surface area contributed by atoms with E-state index in [0.717, 1.165) is 10.5 Å². The molecule has 1 aromatic rings. The maximum absolute atomic E-state index is 12.1. The number of hydrogen-bond acceptors (Lipinski definition) is 8. The number of methoxy groups -OCH3 is 1. The summed E-state index contributed by atoms with van der Waals surface area (Å²) in [5, 5.41) is 2.53. The van der Waals surface area contributed by atoms with E-state index in [1.807, 2.05) is 0 Å². The van der Waals surface area contributed by atoms with Crippen LogP contribution in [0, 0.1) is 0 Å². The van der Waals surface area contributed by atoms with Gasteiger partial charge in [-0.05, 0) is 38.5 Å². The molecular formula is C23H30N2O8. The molecule has 0 fully saturated rings. The Hall–Kier alpha value is -3.40. The molecule has 0 unspecified atom stereocenters. The molecule has 0 spiro atoms. The second-order valence-electron chi connectivity index (χ2n) is 8.19. The van der Waals surface area contributed by atoms with Gasteiger partial charge in [0.05, 0.1) is 26.9 Å². The average molecular weight is 462 g/mol. The number of nitrogens with zero attached hydrogens (tertiary/aromatic N) is 1. The summed E-state index contributed by atoms with van der Waals surface area (Å²) in [7, 11) is 1.25. The summed E-state index contributed by atoms with van der Waals surface area (Å²) >= 11 is 0. The molecule has 0 bridgehead atoms. The summed E-state index contributed by atoms with van der Waals surface area (Å²) in [5.74, 6) is -0.649. The van der Waals surface area contributed by atoms with Crippen LogP contribution < -0.4 is 10.1 Å². The summed E-state index contributed by atoms with van der Waals surface area (Å²) < 4.78 is 21.0. The van der Waals surface area contributed by atoms with E-state index in [2.05, 4.69) is 5.32 Å². The molecule has 10 nitrogen and oxygen atoms in total. The van der Waals surface area contributed by atoms with Crippen LogP contribution in [0.15, 0.2) is 36.4 Å². The minimum atomic E-state index is -0.894. The second kappa shape index (κ2) is 12.0. The summed E-state index contributed by atoms with van der Waals surface area (Å²) in [4.78, 5) is 48.1. The van der Waals surface area contributed by atoms with Crippen molar-refractivity contribution in [2.45, 2.75) is 38.8 Å². The van der Waals surface area contributed by atoms with Crippen LogP contribution in [-0.2, 0) is 35.0 Å². The van der Waals surface area contributed by atoms with Gasteiger partial charge in [0.25, 0.3) is 11.8 Å². The number of benzene rings is 1. The van der Waals surface area contributed by atoms with Gasteiger partial charge in [-0.1, -0.05) is 12.1 Å². The molecule has 0 saturated carbocycles. The molecule has 1 N–H and O–H groups in total. The van der Waals surface area contributed by atoms with E-state index in [-0.39, 0.29) is 44.6 Å². The molecule has 1 aromatic carbocycles. The molecule has 0 saturated heterocycles. The third kappa shape index (κ3) is 8.93. The molecule has 0 aromatic heterocycles. The highest BCUT2D eigenvalue weighted by atomic mass is 16.6. The van der Waals surface area contributed by atoms with E-state index >= 15 is 0 Å². The Morgan fingerprint density at radius 2 is 1.64 bits per heavy atom. The largest absolute Gasteiger partial charge is 0.491 e. The Labute approximate surface area is 192 Å². The smallest absolute Gasteiger partial charge is 0.408 e. The zero-order valence-electron chi connectivity index (χ0n) is 19.3. The van der Waals surface area contributed by atoms with Crippen LogP contribution in [0.4, 0.5) is 4.79 Å². The maximum atomic E-state index is 12.1. The van der Waals surface area contributed by atoms with Gasteiger partial charge in [-0.25, -0.2) is 9.59 Å². The lowest BCUT2D eigenvalue weighted by atomic mass is 10.1. The molecule has 1 heterocycles. The van der Waals surface area contributed by atoms with Gasteiger partial charge in [0.1, 0.15) is 24.0 Å². The summed E-state index contributed by atoms with van der Waals surface area (Å²) in [6.45, 7) is 6.18. The minimum Gasteiger partial charge on any atom is -0.491 e. The van der Waals surface area contributed by atoms with Crippen molar-refractivity contribution in [2.24, 2.45) is 0 Å². The molecule has 33 heavy (non-hydrogen) atoms. The molecule has 3 amide bonds. The first-order chi connectivity index (χ1) is 15.6. The number of nitrogens with one attached hydrogen (secondary N) is 1. The third-order valence-electron chi connectivity index (χ3n) is 4.40. The van der Waals surface area contributed by atoms with E-state index in [1.54, 1.807) is 45.0 Å². The topological polar surface area (TPSA) is 120 Å². The van der Waals surface area contributed by atoms with Gasteiger partial charge in [-0.2, -0.15) is 0 Å². The zero-order chi connectivity index (χ0) is 24.4. The molecule has 180 valence electrons. The van der Waals surface area contributed by atoms with E-state index in [0.29, 0.717) is 5.75 Å². The van der Waals surface area contributed by atoms with Crippen molar-refractivity contribution in [3.05, 3.63) is 42.0 Å². The quantitative estimate of drug-likeness (QED) is 0.299. The van der Waals surface area contributed by atoms with Crippen LogP contribution in [0.1, 0.15) is 26.3 Å². The molecule has 1 aliphatic rings. The normalized spacial score (nSPS) is 14.2. The fourth-order valence-electron chi connectivity index (χ4n) is 2.87. The Kier molecular flexibility index (Phi) is 9.41. The first-order valence-electron chi connectivity index (χ1n) is 10.5. The van der Waals surface area contributed by atoms with Crippen molar-refractivity contribution in [1.29, 1.82) is 0 Å². The molecule has 1 aliphatic heterocycles. The minimum absolute atomic E-state index is 0.193. The van der Waals surface area contributed by atoms with Crippen LogP contribution in [0.2, 0.25) is 0 Å². The van der Waals surface area contributed by atoms with Crippen molar-refractivity contribution < 1.29 is 38.1 Å². The van der Waals surface area contributed by atoms with Crippen molar-refractivity contribution >= 4 is 23.9 Å². The number of rotatable bonds is 11. The molecule has 2 rings (SSSR count). The fourth-order valence-corrected chi connectivity index (χ4v) is 2.87. The van der Waals surface area contributed by atoms with Gasteiger partial charge in [-0.3, -0.25) is 14.5 Å². The summed E-state index contributed by atoms with van der Waals surface area (Å²) in [5.41, 5.74) is 0.104. The Morgan fingerprint density at radius 1 is 1.00 bits per heavy atom. The van der Waals surface area contributed by atoms with E-state index in [9.17, 15) is 19.2 Å². The zero-order valence-corrected chi connectivity index (χ0v) is 19.3. The van der Waals surface area contributed by atoms with Crippen LogP contribution in [0.3, 0.4) is 0 Å². The third-order valence-corrected chi connectivity index (χ3v) is 4.40. The molecular weight excluding hydrogens is 432 g/mol. The van der Waals surface area contributed by atoms with Crippen LogP contribution >= 0.6 is 0 Å². The number of hydrogen-bond donors (Lipinski definition) is 1. The predicted octanol–water partition coefficient (Wildman–Crippen LogP) is 1.62. The van der Waals surface area contributed by atoms with Crippen molar-refractivity contribution in [3.8, 4) is 5.75 Å². The highest BCUT2D eigenvalue weighted by Gasteiger charge is 2.25. The number of alkyl carbamates (subject to hydrolysis) is 1. The number of esters is 1. The maximum Gasteiger partial charge on any atom is 0.408 e. The SMILES string of the molecule is COC(=O)[C@H](Cc1ccc(OCCOCCN2C(=O)C=CC2=O)cc1)NC(=O)OC(C)(C)C. The molecule has 10 heteroatoms. The lowest BCUT2D eigenvalue weighted by Crippen LogP contribution is -2.45. The van der Waals surface area contributed by atoms with Gasteiger partial charge in [-0.15, -0.1) is 0 Å². The van der Waals surface area contributed by atoms with Gasteiger partial charge in [0, 0.05) is 18.6 Å². The standard InChI is InChI=1S/C23H30N2O8/c1-23(2,3)33-22(29)24-18(21(28)30-4)15-16-5-7-17(8-6-16)32-14-13-31-12-11-25-19(26)9-10-20(25)27/h5-10,18H,11-15H2,1-4H3,(H,24,29)/t18-/m0/s1. The monoisotopic (exact) mass is 462 g/mol. The number of carbonyl (C=O) groups excluding carboxylic acids is 4. The summed E-state index contributed by atoms with van der Waals surface area (Å²) in [6.07, 6.45) is 1.98. The first kappa shape index (κ1) is 25.9. The second-order valence-corrected chi connectivity index (χ2v) is 8.19. The number of imide groups is 1. The number of ether oxygens (including phenoxy) is 4. The first-order valence-corrected chi connectivity index (χ1v) is 10.5. The Morgan fingerprint density at radius 3 is 2.21 bits per heavy atom. The number of carbonyl (C=O) groups is 4. The van der Waals surface area contributed by atoms with E-state index in [4.69, 9.17) is 18.9 Å². The Bertz CT molecular complexity index is 855. The highest BCUT2D eigenvalue weighted by molar-refractivity contribution is 6.12.